The van der Waals surface area contributed by atoms with E-state index in [4.69, 9.17) is 0 Å². The van der Waals surface area contributed by atoms with Crippen molar-refractivity contribution in [3.8, 4) is 11.1 Å². The minimum absolute atomic E-state index is 0.0901. The van der Waals surface area contributed by atoms with Gasteiger partial charge in [-0.2, -0.15) is 0 Å². The number of rotatable bonds is 6. The molecule has 0 spiro atoms. The molecule has 2 atom stereocenters. The zero-order valence-corrected chi connectivity index (χ0v) is 22.7. The number of thiazole rings is 1. The first-order valence-corrected chi connectivity index (χ1v) is 14.5. The minimum Gasteiger partial charge on any atom is -0.374 e. The third-order valence-electron chi connectivity index (χ3n) is 8.14. The summed E-state index contributed by atoms with van der Waals surface area (Å²) in [5.41, 5.74) is 5.16. The van der Waals surface area contributed by atoms with Crippen LogP contribution in [0.25, 0.3) is 11.1 Å². The van der Waals surface area contributed by atoms with Crippen LogP contribution in [-0.4, -0.2) is 56.6 Å². The highest BCUT2D eigenvalue weighted by atomic mass is 32.1. The fraction of sp³-hybridized carbons (Fsp3) is 0.345. The quantitative estimate of drug-likeness (QED) is 0.332. The summed E-state index contributed by atoms with van der Waals surface area (Å²) in [5.74, 6) is -0.742. The average molecular weight is 560 g/mol. The maximum Gasteiger partial charge on any atom is 0.249 e. The summed E-state index contributed by atoms with van der Waals surface area (Å²) in [5, 5.41) is 20.1. The van der Waals surface area contributed by atoms with Gasteiger partial charge in [0.2, 0.25) is 5.91 Å². The van der Waals surface area contributed by atoms with Crippen molar-refractivity contribution in [2.45, 2.75) is 38.2 Å². The smallest absolute Gasteiger partial charge is 0.249 e. The van der Waals surface area contributed by atoms with E-state index in [1.54, 1.807) is 22.8 Å². The van der Waals surface area contributed by atoms with Crippen LogP contribution >= 0.6 is 11.3 Å². The highest BCUT2D eigenvalue weighted by Gasteiger charge is 2.42. The third-order valence-corrected chi connectivity index (χ3v) is 8.83. The zero-order chi connectivity index (χ0) is 27.2. The lowest BCUT2D eigenvalue weighted by atomic mass is 9.99. The first-order valence-electron chi connectivity index (χ1n) is 13.6. The number of aliphatic hydroxyl groups is 1. The molecule has 0 radical (unpaired) electrons. The van der Waals surface area contributed by atoms with E-state index in [1.807, 2.05) is 18.2 Å². The van der Waals surface area contributed by atoms with Gasteiger partial charge >= 0.3 is 0 Å². The van der Waals surface area contributed by atoms with Crippen molar-refractivity contribution >= 4 is 28.1 Å². The van der Waals surface area contributed by atoms with Crippen molar-refractivity contribution < 1.29 is 14.3 Å². The molecule has 2 aromatic heterocycles. The number of hydrogen-bond acceptors (Lipinski definition) is 8. The van der Waals surface area contributed by atoms with Crippen molar-refractivity contribution in [2.75, 3.05) is 36.4 Å². The molecule has 9 nitrogen and oxygen atoms in total. The van der Waals surface area contributed by atoms with Crippen LogP contribution in [0.5, 0.6) is 0 Å². The van der Waals surface area contributed by atoms with Gasteiger partial charge in [0.15, 0.2) is 5.13 Å². The van der Waals surface area contributed by atoms with Crippen LogP contribution in [0.4, 0.5) is 15.2 Å². The molecule has 7 rings (SSSR count). The molecule has 2 unspecified atom stereocenters. The van der Waals surface area contributed by atoms with E-state index in [9.17, 15) is 9.90 Å². The number of aryl methyl sites for hydroxylation is 1. The van der Waals surface area contributed by atoms with Crippen LogP contribution in [0, 0.1) is 5.82 Å². The monoisotopic (exact) mass is 559 g/mol. The number of halogens is 1. The Labute approximate surface area is 235 Å². The van der Waals surface area contributed by atoms with Crippen LogP contribution in [0.2, 0.25) is 0 Å². The van der Waals surface area contributed by atoms with Gasteiger partial charge in [0.25, 0.3) is 0 Å². The molecule has 1 amide bonds. The predicted octanol–water partition coefficient (Wildman–Crippen LogP) is 3.69. The fourth-order valence-corrected chi connectivity index (χ4v) is 6.65. The second-order valence-corrected chi connectivity index (χ2v) is 11.4. The summed E-state index contributed by atoms with van der Waals surface area (Å²) in [6, 6.07) is 10.6. The zero-order valence-electron chi connectivity index (χ0n) is 21.9. The number of hydrogen-bond donors (Lipinski definition) is 3. The molecule has 2 aromatic carbocycles. The molecule has 3 aliphatic rings. The van der Waals surface area contributed by atoms with Gasteiger partial charge in [0, 0.05) is 73.4 Å². The van der Waals surface area contributed by atoms with Crippen molar-refractivity contribution in [3.63, 3.8) is 0 Å². The average Bonchev–Trinajstić information content (AvgIpc) is 3.78. The molecule has 40 heavy (non-hydrogen) atoms. The summed E-state index contributed by atoms with van der Waals surface area (Å²) < 4.78 is 17.7. The van der Waals surface area contributed by atoms with E-state index >= 15 is 4.39 Å². The second-order valence-electron chi connectivity index (χ2n) is 10.5. The fourth-order valence-electron chi connectivity index (χ4n) is 6.11. The Morgan fingerprint density at radius 3 is 2.73 bits per heavy atom. The van der Waals surface area contributed by atoms with Gasteiger partial charge in [-0.25, -0.2) is 14.4 Å². The lowest BCUT2D eigenvalue weighted by molar-refractivity contribution is -0.127. The van der Waals surface area contributed by atoms with Gasteiger partial charge in [-0.3, -0.25) is 9.69 Å². The van der Waals surface area contributed by atoms with Crippen molar-refractivity contribution in [1.29, 1.82) is 0 Å². The summed E-state index contributed by atoms with van der Waals surface area (Å²) in [6.07, 6.45) is 3.97. The molecule has 11 heteroatoms. The third kappa shape index (κ3) is 4.48. The number of fused-ring (bicyclic) bond motifs is 2. The SMILES string of the molecule is O=C(Nc1nccs1)C(c1ncn2c1CCC2)N1Cc2c(F)cc(-c3ccc(N4CCNCC4)cc3)cc2C1O. The molecule has 0 bridgehead atoms. The second kappa shape index (κ2) is 10.4. The molecule has 3 aliphatic heterocycles. The standard InChI is InChI=1S/C29H30FN7O2S/c30-23-15-19(18-3-5-20(6-4-18)35-11-7-31-8-12-35)14-21-22(23)16-37(28(21)39)26(27(38)34-29-32-9-13-40-29)25-24-2-1-10-36(24)17-33-25/h3-6,9,13-15,17,26,28,31,39H,1-2,7-8,10-12,16H2,(H,32,34,38). The van der Waals surface area contributed by atoms with Crippen molar-refractivity contribution in [2.24, 2.45) is 0 Å². The van der Waals surface area contributed by atoms with Crippen LogP contribution in [0.3, 0.4) is 0 Å². The summed E-state index contributed by atoms with van der Waals surface area (Å²) in [7, 11) is 0. The number of piperazine rings is 1. The molecule has 0 aliphatic carbocycles. The highest BCUT2D eigenvalue weighted by Crippen LogP contribution is 2.43. The Morgan fingerprint density at radius 2 is 1.95 bits per heavy atom. The van der Waals surface area contributed by atoms with Crippen LogP contribution in [-0.2, 0) is 24.3 Å². The summed E-state index contributed by atoms with van der Waals surface area (Å²) in [4.78, 5) is 26.4. The van der Waals surface area contributed by atoms with Gasteiger partial charge in [0.05, 0.1) is 12.0 Å². The lowest BCUT2D eigenvalue weighted by Crippen LogP contribution is -2.43. The van der Waals surface area contributed by atoms with E-state index < -0.39 is 18.1 Å². The number of nitrogens with one attached hydrogen (secondary N) is 2. The first kappa shape index (κ1) is 25.3. The highest BCUT2D eigenvalue weighted by molar-refractivity contribution is 7.13. The van der Waals surface area contributed by atoms with Crippen molar-refractivity contribution in [3.05, 3.63) is 82.6 Å². The predicted molar refractivity (Wildman–Crippen MR) is 151 cm³/mol. The first-order chi connectivity index (χ1) is 19.6. The Bertz CT molecular complexity index is 1530. The maximum atomic E-state index is 15.6. The number of carbonyl (C=O) groups is 1. The molecule has 5 heterocycles. The number of imidazole rings is 1. The minimum atomic E-state index is -1.17. The van der Waals surface area contributed by atoms with E-state index in [2.05, 4.69) is 42.2 Å². The Morgan fingerprint density at radius 1 is 1.12 bits per heavy atom. The summed E-state index contributed by atoms with van der Waals surface area (Å²) in [6.45, 7) is 4.75. The van der Waals surface area contributed by atoms with Gasteiger partial charge in [0.1, 0.15) is 18.1 Å². The molecule has 1 saturated heterocycles. The number of nitrogens with zero attached hydrogens (tertiary/aromatic N) is 5. The molecule has 206 valence electrons. The van der Waals surface area contributed by atoms with Gasteiger partial charge < -0.3 is 25.2 Å². The molecule has 0 saturated carbocycles. The Balaban J connectivity index is 1.20. The van der Waals surface area contributed by atoms with Crippen molar-refractivity contribution in [1.82, 2.24) is 24.8 Å². The summed E-state index contributed by atoms with van der Waals surface area (Å²) >= 11 is 1.32. The molecular weight excluding hydrogens is 529 g/mol. The number of carbonyl (C=O) groups excluding carboxylic acids is 1. The number of aliphatic hydroxyl groups excluding tert-OH is 1. The molecule has 3 N–H and O–H groups in total. The van der Waals surface area contributed by atoms with E-state index in [-0.39, 0.29) is 12.5 Å². The van der Waals surface area contributed by atoms with Crippen LogP contribution in [0.15, 0.2) is 54.3 Å². The van der Waals surface area contributed by atoms with Crippen LogP contribution < -0.4 is 15.5 Å². The lowest BCUT2D eigenvalue weighted by Gasteiger charge is -2.29. The van der Waals surface area contributed by atoms with E-state index in [1.165, 1.54) is 17.4 Å². The number of benzene rings is 2. The number of aromatic nitrogens is 3. The van der Waals surface area contributed by atoms with Gasteiger partial charge in [-0.1, -0.05) is 12.1 Å². The van der Waals surface area contributed by atoms with Gasteiger partial charge in [-0.05, 0) is 48.2 Å². The largest absolute Gasteiger partial charge is 0.374 e. The number of amides is 1. The molecular formula is C29H30FN7O2S. The van der Waals surface area contributed by atoms with E-state index in [0.29, 0.717) is 27.5 Å². The van der Waals surface area contributed by atoms with Crippen LogP contribution in [0.1, 0.15) is 41.2 Å². The molecule has 1 fully saturated rings. The van der Waals surface area contributed by atoms with Gasteiger partial charge in [-0.15, -0.1) is 11.3 Å². The normalized spacial score (nSPS) is 19.4. The Kier molecular flexibility index (Phi) is 6.59. The topological polar surface area (TPSA) is 98.6 Å². The molecule has 4 aromatic rings. The maximum absolute atomic E-state index is 15.6. The Hall–Kier alpha value is -3.64. The number of anilines is 2. The van der Waals surface area contributed by atoms with E-state index in [0.717, 1.165) is 62.5 Å².